The second-order valence-electron chi connectivity index (χ2n) is 3.20. The molecule has 18 heavy (non-hydrogen) atoms. The third-order valence-corrected chi connectivity index (χ3v) is 2.72. The molecule has 1 aromatic rings. The van der Waals surface area contributed by atoms with Crippen molar-refractivity contribution in [3.05, 3.63) is 28.5 Å². The lowest BCUT2D eigenvalue weighted by Crippen LogP contribution is -2.42. The van der Waals surface area contributed by atoms with Crippen LogP contribution in [-0.2, 0) is 9.53 Å². The molecule has 1 heterocycles. The summed E-state index contributed by atoms with van der Waals surface area (Å²) in [6.07, 6.45) is 1.42. The zero-order chi connectivity index (χ0) is 13.1. The average Bonchev–Trinajstić information content (AvgIpc) is 2.29. The Balaban J connectivity index is 0.00000289. The van der Waals surface area contributed by atoms with Crippen molar-refractivity contribution in [2.45, 2.75) is 18.9 Å². The van der Waals surface area contributed by atoms with E-state index < -0.39 is 17.9 Å². The van der Waals surface area contributed by atoms with E-state index in [0.717, 1.165) is 0 Å². The van der Waals surface area contributed by atoms with Crippen LogP contribution in [0.5, 0.6) is 0 Å². The summed E-state index contributed by atoms with van der Waals surface area (Å²) in [7, 11) is 0. The van der Waals surface area contributed by atoms with E-state index in [9.17, 15) is 13.6 Å². The number of halogens is 4. The standard InChI is InChI=1S/C10H11BrF2N2O2.ClH/c1-2-17-9(16)10(12,13)7(14)6-4-3-5-15-8(6)11;/h3-5,7H,2,14H2,1H3;1H/t7-;/m0./s1. The molecule has 0 radical (unpaired) electrons. The number of hydrogen-bond acceptors (Lipinski definition) is 4. The molecule has 0 fully saturated rings. The van der Waals surface area contributed by atoms with Gasteiger partial charge in [-0.05, 0) is 28.9 Å². The van der Waals surface area contributed by atoms with E-state index in [-0.39, 0.29) is 29.2 Å². The molecular formula is C10H12BrClF2N2O2. The first-order valence-electron chi connectivity index (χ1n) is 4.82. The quantitative estimate of drug-likeness (QED) is 0.672. The molecule has 2 N–H and O–H groups in total. The molecule has 0 spiro atoms. The Morgan fingerprint density at radius 1 is 1.67 bits per heavy atom. The number of carbonyl (C=O) groups is 1. The summed E-state index contributed by atoms with van der Waals surface area (Å²) in [5.41, 5.74) is 5.43. The topological polar surface area (TPSA) is 65.2 Å². The minimum atomic E-state index is -3.79. The summed E-state index contributed by atoms with van der Waals surface area (Å²) in [4.78, 5) is 14.9. The van der Waals surface area contributed by atoms with Crippen LogP contribution >= 0.6 is 28.3 Å². The van der Waals surface area contributed by atoms with Crippen LogP contribution in [0, 0.1) is 0 Å². The molecule has 0 amide bonds. The molecule has 1 atom stereocenters. The summed E-state index contributed by atoms with van der Waals surface area (Å²) >= 11 is 3.00. The van der Waals surface area contributed by atoms with Gasteiger partial charge in [-0.25, -0.2) is 9.78 Å². The Labute approximate surface area is 117 Å². The van der Waals surface area contributed by atoms with Crippen molar-refractivity contribution in [1.82, 2.24) is 4.98 Å². The van der Waals surface area contributed by atoms with Crippen LogP contribution in [0.15, 0.2) is 22.9 Å². The Kier molecular flexibility index (Phi) is 6.66. The number of alkyl halides is 2. The molecule has 0 saturated heterocycles. The van der Waals surface area contributed by atoms with Gasteiger partial charge in [0.2, 0.25) is 0 Å². The lowest BCUT2D eigenvalue weighted by molar-refractivity contribution is -0.174. The highest BCUT2D eigenvalue weighted by Gasteiger charge is 2.48. The highest BCUT2D eigenvalue weighted by Crippen LogP contribution is 2.33. The largest absolute Gasteiger partial charge is 0.462 e. The molecule has 0 aliphatic heterocycles. The number of ether oxygens (including phenoxy) is 1. The number of nitrogens with two attached hydrogens (primary N) is 1. The van der Waals surface area contributed by atoms with Crippen LogP contribution in [0.4, 0.5) is 8.78 Å². The molecule has 0 bridgehead atoms. The van der Waals surface area contributed by atoms with Gasteiger partial charge in [0.15, 0.2) is 0 Å². The SMILES string of the molecule is CCOC(=O)C(F)(F)[C@@H](N)c1cccnc1Br.Cl. The molecule has 0 aliphatic carbocycles. The Hall–Kier alpha value is -0.790. The monoisotopic (exact) mass is 344 g/mol. The van der Waals surface area contributed by atoms with Gasteiger partial charge in [0, 0.05) is 11.8 Å². The van der Waals surface area contributed by atoms with Gasteiger partial charge in [-0.3, -0.25) is 0 Å². The van der Waals surface area contributed by atoms with Gasteiger partial charge in [-0.15, -0.1) is 12.4 Å². The van der Waals surface area contributed by atoms with Gasteiger partial charge < -0.3 is 10.5 Å². The summed E-state index contributed by atoms with van der Waals surface area (Å²) < 4.78 is 31.7. The number of esters is 1. The smallest absolute Gasteiger partial charge is 0.379 e. The van der Waals surface area contributed by atoms with Gasteiger partial charge in [-0.1, -0.05) is 6.07 Å². The summed E-state index contributed by atoms with van der Waals surface area (Å²) in [6.45, 7) is 1.31. The highest BCUT2D eigenvalue weighted by atomic mass is 79.9. The third kappa shape index (κ3) is 3.60. The second kappa shape index (κ2) is 6.96. The van der Waals surface area contributed by atoms with Gasteiger partial charge in [0.05, 0.1) is 6.61 Å². The van der Waals surface area contributed by atoms with Crippen molar-refractivity contribution in [3.63, 3.8) is 0 Å². The third-order valence-electron chi connectivity index (χ3n) is 2.06. The molecule has 0 saturated carbocycles. The van der Waals surface area contributed by atoms with Crippen LogP contribution < -0.4 is 5.73 Å². The predicted octanol–water partition coefficient (Wildman–Crippen LogP) is 2.46. The minimum absolute atomic E-state index is 0. The number of rotatable bonds is 4. The van der Waals surface area contributed by atoms with Crippen molar-refractivity contribution in [3.8, 4) is 0 Å². The molecule has 0 aliphatic rings. The lowest BCUT2D eigenvalue weighted by Gasteiger charge is -2.22. The maximum absolute atomic E-state index is 13.6. The van der Waals surface area contributed by atoms with Crippen molar-refractivity contribution >= 4 is 34.3 Å². The molecule has 8 heteroatoms. The first-order chi connectivity index (χ1) is 7.91. The van der Waals surface area contributed by atoms with E-state index in [1.54, 1.807) is 0 Å². The van der Waals surface area contributed by atoms with Gasteiger partial charge in [0.25, 0.3) is 0 Å². The fourth-order valence-corrected chi connectivity index (χ4v) is 1.68. The predicted molar refractivity (Wildman–Crippen MR) is 67.7 cm³/mol. The molecule has 1 aromatic heterocycles. The Morgan fingerprint density at radius 2 is 2.28 bits per heavy atom. The molecule has 102 valence electrons. The molecule has 1 rings (SSSR count). The van der Waals surface area contributed by atoms with Gasteiger partial charge in [0.1, 0.15) is 10.6 Å². The maximum atomic E-state index is 13.6. The molecular weight excluding hydrogens is 333 g/mol. The zero-order valence-corrected chi connectivity index (χ0v) is 11.8. The highest BCUT2D eigenvalue weighted by molar-refractivity contribution is 9.10. The number of nitrogens with zero attached hydrogens (tertiary/aromatic N) is 1. The van der Waals surface area contributed by atoms with E-state index in [1.807, 2.05) is 0 Å². The first-order valence-corrected chi connectivity index (χ1v) is 5.61. The maximum Gasteiger partial charge on any atom is 0.379 e. The van der Waals surface area contributed by atoms with E-state index in [2.05, 4.69) is 25.7 Å². The zero-order valence-electron chi connectivity index (χ0n) is 9.40. The summed E-state index contributed by atoms with van der Waals surface area (Å²) in [5.74, 6) is -5.43. The second-order valence-corrected chi connectivity index (χ2v) is 3.96. The number of pyridine rings is 1. The van der Waals surface area contributed by atoms with Crippen molar-refractivity contribution in [1.29, 1.82) is 0 Å². The molecule has 4 nitrogen and oxygen atoms in total. The molecule has 0 unspecified atom stereocenters. The van der Waals surface area contributed by atoms with Gasteiger partial charge in [-0.2, -0.15) is 8.78 Å². The van der Waals surface area contributed by atoms with Crippen LogP contribution in [0.3, 0.4) is 0 Å². The van der Waals surface area contributed by atoms with Crippen molar-refractivity contribution in [2.75, 3.05) is 6.61 Å². The van der Waals surface area contributed by atoms with Gasteiger partial charge >= 0.3 is 11.9 Å². The number of hydrogen-bond donors (Lipinski definition) is 1. The fourth-order valence-electron chi connectivity index (χ4n) is 1.18. The van der Waals surface area contributed by atoms with E-state index in [4.69, 9.17) is 5.73 Å². The van der Waals surface area contributed by atoms with E-state index in [1.165, 1.54) is 25.3 Å². The van der Waals surface area contributed by atoms with Crippen LogP contribution in [0.1, 0.15) is 18.5 Å². The fraction of sp³-hybridized carbons (Fsp3) is 0.400. The first kappa shape index (κ1) is 17.2. The van der Waals surface area contributed by atoms with Crippen LogP contribution in [-0.4, -0.2) is 23.5 Å². The summed E-state index contributed by atoms with van der Waals surface area (Å²) in [5, 5.41) is 0. The van der Waals surface area contributed by atoms with Crippen molar-refractivity contribution in [2.24, 2.45) is 5.73 Å². The van der Waals surface area contributed by atoms with Crippen molar-refractivity contribution < 1.29 is 18.3 Å². The Morgan fingerprint density at radius 3 is 2.78 bits per heavy atom. The minimum Gasteiger partial charge on any atom is -0.462 e. The number of carbonyl (C=O) groups excluding carboxylic acids is 1. The average molecular weight is 346 g/mol. The van der Waals surface area contributed by atoms with Crippen LogP contribution in [0.2, 0.25) is 0 Å². The Bertz CT molecular complexity index is 421. The van der Waals surface area contributed by atoms with Crippen LogP contribution in [0.25, 0.3) is 0 Å². The number of aromatic nitrogens is 1. The molecule has 0 aromatic carbocycles. The normalized spacial score (nSPS) is 12.5. The van der Waals surface area contributed by atoms with E-state index >= 15 is 0 Å². The van der Waals surface area contributed by atoms with E-state index in [0.29, 0.717) is 0 Å². The lowest BCUT2D eigenvalue weighted by atomic mass is 10.0. The summed E-state index contributed by atoms with van der Waals surface area (Å²) in [6, 6.07) is 1.03.